The van der Waals surface area contributed by atoms with E-state index in [1.807, 2.05) is 0 Å². The highest BCUT2D eigenvalue weighted by Gasteiger charge is 2.40. The van der Waals surface area contributed by atoms with E-state index in [0.29, 0.717) is 17.1 Å². The van der Waals surface area contributed by atoms with Crippen molar-refractivity contribution < 1.29 is 19.4 Å². The molecule has 0 fully saturated rings. The predicted octanol–water partition coefficient (Wildman–Crippen LogP) is 0.517. The number of pyridine rings is 1. The Balaban J connectivity index is 3.12. The van der Waals surface area contributed by atoms with E-state index in [4.69, 9.17) is 15.6 Å². The fourth-order valence-corrected chi connectivity index (χ4v) is 1.54. The van der Waals surface area contributed by atoms with Crippen LogP contribution in [0.3, 0.4) is 0 Å². The maximum absolute atomic E-state index is 11.3. The fraction of sp³-hybridized carbons (Fsp3) is 0.417. The van der Waals surface area contributed by atoms with Crippen molar-refractivity contribution in [2.45, 2.75) is 20.3 Å². The van der Waals surface area contributed by atoms with Crippen LogP contribution >= 0.6 is 0 Å². The number of nitrogens with zero attached hydrogens (tertiary/aromatic N) is 1. The number of aromatic nitrogens is 1. The van der Waals surface area contributed by atoms with E-state index in [-0.39, 0.29) is 6.42 Å². The van der Waals surface area contributed by atoms with Crippen molar-refractivity contribution in [3.05, 3.63) is 23.5 Å². The lowest BCUT2D eigenvalue weighted by Crippen LogP contribution is -2.43. The number of carbonyl (C=O) groups excluding carboxylic acids is 1. The number of aryl methyl sites for hydroxylation is 1. The average molecular weight is 252 g/mol. The molecule has 0 bridgehead atoms. The van der Waals surface area contributed by atoms with Crippen molar-refractivity contribution in [3.63, 3.8) is 0 Å². The summed E-state index contributed by atoms with van der Waals surface area (Å²) in [6.07, 6.45) is -0.0737. The minimum absolute atomic E-state index is 0.0737. The zero-order chi connectivity index (χ0) is 13.9. The second kappa shape index (κ2) is 5.03. The maximum Gasteiger partial charge on any atom is 0.319 e. The summed E-state index contributed by atoms with van der Waals surface area (Å²) in [7, 11) is 1.50. The number of rotatable bonds is 5. The standard InChI is InChI=1S/C12H16N2O4/c1-7-4-9(18-3)5-8(14-7)6-12(2,10(13)15)11(16)17/h4-5H,6H2,1-3H3,(H2,13,15)(H,16,17). The summed E-state index contributed by atoms with van der Waals surface area (Å²) in [6.45, 7) is 3.04. The van der Waals surface area contributed by atoms with Gasteiger partial charge in [0.05, 0.1) is 7.11 Å². The molecule has 0 spiro atoms. The van der Waals surface area contributed by atoms with Crippen molar-refractivity contribution in [1.29, 1.82) is 0 Å². The van der Waals surface area contributed by atoms with E-state index < -0.39 is 17.3 Å². The van der Waals surface area contributed by atoms with Crippen molar-refractivity contribution in [3.8, 4) is 5.75 Å². The number of carboxylic acids is 1. The first kappa shape index (κ1) is 14.0. The molecular weight excluding hydrogens is 236 g/mol. The molecular formula is C12H16N2O4. The normalized spacial score (nSPS) is 13.7. The molecule has 1 heterocycles. The average Bonchev–Trinajstić information content (AvgIpc) is 2.27. The van der Waals surface area contributed by atoms with Crippen LogP contribution in [0.1, 0.15) is 18.3 Å². The number of nitrogens with two attached hydrogens (primary N) is 1. The van der Waals surface area contributed by atoms with Crippen LogP contribution in [0.2, 0.25) is 0 Å². The zero-order valence-corrected chi connectivity index (χ0v) is 10.6. The molecule has 6 heteroatoms. The number of carboxylic acid groups (broad SMARTS) is 1. The smallest absolute Gasteiger partial charge is 0.319 e. The Morgan fingerprint density at radius 2 is 2.11 bits per heavy atom. The maximum atomic E-state index is 11.3. The van der Waals surface area contributed by atoms with E-state index in [2.05, 4.69) is 4.98 Å². The SMILES string of the molecule is COc1cc(C)nc(CC(C)(C(N)=O)C(=O)O)c1. The number of ether oxygens (including phenoxy) is 1. The van der Waals surface area contributed by atoms with Crippen LogP contribution in [0.25, 0.3) is 0 Å². The van der Waals surface area contributed by atoms with E-state index in [1.54, 1.807) is 19.1 Å². The second-order valence-corrected chi connectivity index (χ2v) is 4.32. The highest BCUT2D eigenvalue weighted by molar-refractivity contribution is 6.00. The molecule has 0 aliphatic rings. The van der Waals surface area contributed by atoms with Gasteiger partial charge in [-0.1, -0.05) is 0 Å². The first-order valence-electron chi connectivity index (χ1n) is 5.34. The van der Waals surface area contributed by atoms with Crippen molar-refractivity contribution in [2.75, 3.05) is 7.11 Å². The van der Waals surface area contributed by atoms with Gasteiger partial charge in [0.1, 0.15) is 11.2 Å². The molecule has 0 aromatic carbocycles. The summed E-state index contributed by atoms with van der Waals surface area (Å²) in [4.78, 5) is 26.6. The van der Waals surface area contributed by atoms with Crippen molar-refractivity contribution in [1.82, 2.24) is 4.98 Å². The van der Waals surface area contributed by atoms with Crippen LogP contribution in [0, 0.1) is 12.3 Å². The molecule has 1 atom stereocenters. The minimum Gasteiger partial charge on any atom is -0.497 e. The molecule has 0 aliphatic carbocycles. The number of hydrogen-bond donors (Lipinski definition) is 2. The minimum atomic E-state index is -1.67. The molecule has 1 amide bonds. The Kier molecular flexibility index (Phi) is 3.90. The predicted molar refractivity (Wildman–Crippen MR) is 64.2 cm³/mol. The lowest BCUT2D eigenvalue weighted by Gasteiger charge is -2.20. The number of primary amides is 1. The molecule has 3 N–H and O–H groups in total. The molecule has 18 heavy (non-hydrogen) atoms. The molecule has 0 radical (unpaired) electrons. The van der Waals surface area contributed by atoms with Crippen LogP contribution in [-0.2, 0) is 16.0 Å². The van der Waals surface area contributed by atoms with Gasteiger partial charge in [-0.3, -0.25) is 14.6 Å². The van der Waals surface area contributed by atoms with Crippen LogP contribution in [-0.4, -0.2) is 29.1 Å². The highest BCUT2D eigenvalue weighted by Crippen LogP contribution is 2.24. The Hall–Kier alpha value is -2.11. The quantitative estimate of drug-likeness (QED) is 0.743. The third-order valence-electron chi connectivity index (χ3n) is 2.77. The van der Waals surface area contributed by atoms with Gasteiger partial charge in [-0.15, -0.1) is 0 Å². The van der Waals surface area contributed by atoms with Gasteiger partial charge in [0.25, 0.3) is 0 Å². The molecule has 1 rings (SSSR count). The number of amides is 1. The topological polar surface area (TPSA) is 103 Å². The first-order chi connectivity index (χ1) is 8.29. The Morgan fingerprint density at radius 1 is 1.50 bits per heavy atom. The molecule has 0 aliphatic heterocycles. The molecule has 1 aromatic heterocycles. The Morgan fingerprint density at radius 3 is 2.56 bits per heavy atom. The van der Waals surface area contributed by atoms with Gasteiger partial charge in [0.2, 0.25) is 5.91 Å². The summed E-state index contributed by atoms with van der Waals surface area (Å²) >= 11 is 0. The molecule has 1 unspecified atom stereocenters. The van der Waals surface area contributed by atoms with Crippen LogP contribution in [0.5, 0.6) is 5.75 Å². The fourth-order valence-electron chi connectivity index (χ4n) is 1.54. The third kappa shape index (κ3) is 2.77. The molecule has 6 nitrogen and oxygen atoms in total. The monoisotopic (exact) mass is 252 g/mol. The Bertz CT molecular complexity index is 471. The van der Waals surface area contributed by atoms with Crippen LogP contribution < -0.4 is 10.5 Å². The molecule has 0 saturated heterocycles. The van der Waals surface area contributed by atoms with Crippen LogP contribution in [0.4, 0.5) is 0 Å². The summed E-state index contributed by atoms with van der Waals surface area (Å²) < 4.78 is 5.07. The van der Waals surface area contributed by atoms with E-state index in [0.717, 1.165) is 0 Å². The number of hydrogen-bond acceptors (Lipinski definition) is 4. The lowest BCUT2D eigenvalue weighted by atomic mass is 9.84. The number of carbonyl (C=O) groups is 2. The number of aliphatic carboxylic acids is 1. The highest BCUT2D eigenvalue weighted by atomic mass is 16.5. The molecule has 1 aromatic rings. The summed E-state index contributed by atoms with van der Waals surface area (Å²) in [5.74, 6) is -1.59. The van der Waals surface area contributed by atoms with E-state index in [9.17, 15) is 9.59 Å². The van der Waals surface area contributed by atoms with Gasteiger partial charge in [0.15, 0.2) is 0 Å². The molecule has 0 saturated carbocycles. The van der Waals surface area contributed by atoms with Gasteiger partial charge in [-0.25, -0.2) is 0 Å². The van der Waals surface area contributed by atoms with Gasteiger partial charge in [0, 0.05) is 29.9 Å². The van der Waals surface area contributed by atoms with Gasteiger partial charge < -0.3 is 15.6 Å². The van der Waals surface area contributed by atoms with Gasteiger partial charge >= 0.3 is 5.97 Å². The summed E-state index contributed by atoms with van der Waals surface area (Å²) in [5.41, 5.74) is 4.61. The summed E-state index contributed by atoms with van der Waals surface area (Å²) in [5, 5.41) is 9.10. The van der Waals surface area contributed by atoms with Crippen molar-refractivity contribution in [2.24, 2.45) is 11.1 Å². The largest absolute Gasteiger partial charge is 0.497 e. The van der Waals surface area contributed by atoms with Gasteiger partial charge in [-0.05, 0) is 13.8 Å². The second-order valence-electron chi connectivity index (χ2n) is 4.32. The van der Waals surface area contributed by atoms with Crippen molar-refractivity contribution >= 4 is 11.9 Å². The molecule has 98 valence electrons. The summed E-state index contributed by atoms with van der Waals surface area (Å²) in [6, 6.07) is 3.31. The lowest BCUT2D eigenvalue weighted by molar-refractivity contribution is -0.153. The van der Waals surface area contributed by atoms with Crippen LogP contribution in [0.15, 0.2) is 12.1 Å². The first-order valence-corrected chi connectivity index (χ1v) is 5.34. The van der Waals surface area contributed by atoms with E-state index >= 15 is 0 Å². The number of methoxy groups -OCH3 is 1. The Labute approximate surface area is 105 Å². The zero-order valence-electron chi connectivity index (χ0n) is 10.6. The van der Waals surface area contributed by atoms with Gasteiger partial charge in [-0.2, -0.15) is 0 Å². The van der Waals surface area contributed by atoms with E-state index in [1.165, 1.54) is 14.0 Å². The third-order valence-corrected chi connectivity index (χ3v) is 2.77.